The first-order chi connectivity index (χ1) is 11.9. The molecule has 0 fully saturated rings. The third-order valence-corrected chi connectivity index (χ3v) is 4.51. The van der Waals surface area contributed by atoms with E-state index in [0.717, 1.165) is 5.56 Å². The number of primary sulfonamides is 1. The van der Waals surface area contributed by atoms with Crippen LogP contribution in [0.15, 0.2) is 58.4 Å². The van der Waals surface area contributed by atoms with Gasteiger partial charge in [-0.1, -0.05) is 30.3 Å². The van der Waals surface area contributed by atoms with Gasteiger partial charge in [-0.3, -0.25) is 4.99 Å². The topological polar surface area (TPSA) is 96.6 Å². The van der Waals surface area contributed by atoms with E-state index in [1.165, 1.54) is 18.2 Å². The van der Waals surface area contributed by atoms with Crippen molar-refractivity contribution in [1.82, 2.24) is 10.6 Å². The number of rotatable bonds is 6. The summed E-state index contributed by atoms with van der Waals surface area (Å²) in [5.74, 6) is 0.296. The molecule has 4 N–H and O–H groups in total. The first-order valence-corrected chi connectivity index (χ1v) is 9.24. The van der Waals surface area contributed by atoms with Gasteiger partial charge in [-0.15, -0.1) is 0 Å². The molecule has 0 aliphatic rings. The van der Waals surface area contributed by atoms with E-state index in [-0.39, 0.29) is 10.7 Å². The van der Waals surface area contributed by atoms with Crippen molar-refractivity contribution in [3.8, 4) is 0 Å². The summed E-state index contributed by atoms with van der Waals surface area (Å²) in [5, 5.41) is 11.2. The molecule has 0 spiro atoms. The molecule has 0 aliphatic heterocycles. The Balaban J connectivity index is 1.82. The van der Waals surface area contributed by atoms with Gasteiger partial charge in [0.25, 0.3) is 0 Å². The third-order valence-electron chi connectivity index (χ3n) is 3.59. The van der Waals surface area contributed by atoms with Gasteiger partial charge >= 0.3 is 0 Å². The molecule has 0 bridgehead atoms. The zero-order valence-electron chi connectivity index (χ0n) is 13.9. The van der Waals surface area contributed by atoms with Crippen LogP contribution in [0.4, 0.5) is 4.39 Å². The molecular weight excluding hydrogens is 343 g/mol. The van der Waals surface area contributed by atoms with E-state index >= 15 is 0 Å². The van der Waals surface area contributed by atoms with Gasteiger partial charge in [-0.2, -0.15) is 0 Å². The van der Waals surface area contributed by atoms with Crippen molar-refractivity contribution in [1.29, 1.82) is 0 Å². The molecule has 0 saturated carbocycles. The summed E-state index contributed by atoms with van der Waals surface area (Å²) in [6.07, 6.45) is 0.672. The van der Waals surface area contributed by atoms with Gasteiger partial charge in [0.2, 0.25) is 10.0 Å². The van der Waals surface area contributed by atoms with Gasteiger partial charge < -0.3 is 10.6 Å². The number of hydrogen-bond donors (Lipinski definition) is 3. The number of nitrogens with one attached hydrogen (secondary N) is 2. The first-order valence-electron chi connectivity index (χ1n) is 7.70. The molecular formula is C17H21FN4O2S. The molecule has 0 atom stereocenters. The smallest absolute Gasteiger partial charge is 0.238 e. The fourth-order valence-electron chi connectivity index (χ4n) is 2.21. The summed E-state index contributed by atoms with van der Waals surface area (Å²) in [6.45, 7) is 0.918. The molecule has 0 amide bonds. The van der Waals surface area contributed by atoms with Crippen molar-refractivity contribution in [3.05, 3.63) is 65.5 Å². The SMILES string of the molecule is CN=C(NCCc1ccc(S(N)(=O)=O)cc1)NCc1ccccc1F. The minimum Gasteiger partial charge on any atom is -0.356 e. The minimum absolute atomic E-state index is 0.0894. The van der Waals surface area contributed by atoms with Crippen molar-refractivity contribution in [2.75, 3.05) is 13.6 Å². The predicted octanol–water partition coefficient (Wildman–Crippen LogP) is 1.38. The Morgan fingerprint density at radius 1 is 1.12 bits per heavy atom. The van der Waals surface area contributed by atoms with E-state index in [2.05, 4.69) is 15.6 Å². The Hall–Kier alpha value is -2.45. The van der Waals surface area contributed by atoms with Crippen LogP contribution in [0.25, 0.3) is 0 Å². The van der Waals surface area contributed by atoms with Crippen LogP contribution in [0, 0.1) is 5.82 Å². The number of halogens is 1. The highest BCUT2D eigenvalue weighted by atomic mass is 32.2. The Labute approximate surface area is 147 Å². The largest absolute Gasteiger partial charge is 0.356 e. The second-order valence-electron chi connectivity index (χ2n) is 5.38. The second kappa shape index (κ2) is 8.59. The summed E-state index contributed by atoms with van der Waals surface area (Å²) < 4.78 is 36.0. The maximum absolute atomic E-state index is 13.6. The number of nitrogens with two attached hydrogens (primary N) is 1. The summed E-state index contributed by atoms with van der Waals surface area (Å²) in [7, 11) is -2.03. The van der Waals surface area contributed by atoms with Crippen LogP contribution in [0.3, 0.4) is 0 Å². The Morgan fingerprint density at radius 2 is 1.80 bits per heavy atom. The van der Waals surface area contributed by atoms with Gasteiger partial charge in [-0.05, 0) is 30.2 Å². The average Bonchev–Trinajstić information content (AvgIpc) is 2.59. The van der Waals surface area contributed by atoms with E-state index < -0.39 is 10.0 Å². The highest BCUT2D eigenvalue weighted by molar-refractivity contribution is 7.89. The van der Waals surface area contributed by atoms with E-state index in [0.29, 0.717) is 31.0 Å². The summed E-state index contributed by atoms with van der Waals surface area (Å²) >= 11 is 0. The lowest BCUT2D eigenvalue weighted by molar-refractivity contribution is 0.597. The van der Waals surface area contributed by atoms with Crippen molar-refractivity contribution in [3.63, 3.8) is 0 Å². The van der Waals surface area contributed by atoms with E-state index in [4.69, 9.17) is 5.14 Å². The maximum Gasteiger partial charge on any atom is 0.238 e. The highest BCUT2D eigenvalue weighted by Gasteiger charge is 2.07. The van der Waals surface area contributed by atoms with Crippen LogP contribution in [-0.4, -0.2) is 28.0 Å². The number of benzene rings is 2. The van der Waals surface area contributed by atoms with Gasteiger partial charge in [0.1, 0.15) is 5.82 Å². The van der Waals surface area contributed by atoms with Gasteiger partial charge in [0.05, 0.1) is 4.90 Å². The van der Waals surface area contributed by atoms with Crippen LogP contribution < -0.4 is 15.8 Å². The molecule has 0 aliphatic carbocycles. The molecule has 2 aromatic rings. The third kappa shape index (κ3) is 5.84. The first kappa shape index (κ1) is 18.9. The Morgan fingerprint density at radius 3 is 2.40 bits per heavy atom. The van der Waals surface area contributed by atoms with Crippen molar-refractivity contribution in [2.45, 2.75) is 17.9 Å². The zero-order chi connectivity index (χ0) is 18.3. The number of hydrogen-bond acceptors (Lipinski definition) is 3. The number of aliphatic imine (C=N–C) groups is 1. The monoisotopic (exact) mass is 364 g/mol. The molecule has 2 aromatic carbocycles. The van der Waals surface area contributed by atoms with Crippen molar-refractivity contribution < 1.29 is 12.8 Å². The van der Waals surface area contributed by atoms with Gasteiger partial charge in [0, 0.05) is 25.7 Å². The maximum atomic E-state index is 13.6. The van der Waals surface area contributed by atoms with Crippen LogP contribution in [0.1, 0.15) is 11.1 Å². The van der Waals surface area contributed by atoms with Crippen LogP contribution in [-0.2, 0) is 23.0 Å². The standard InChI is InChI=1S/C17H21FN4O2S/c1-20-17(22-12-14-4-2-3-5-16(14)18)21-11-10-13-6-8-15(9-7-13)25(19,23)24/h2-9H,10-12H2,1H3,(H2,19,23,24)(H2,20,21,22). The normalized spacial score (nSPS) is 12.0. The lowest BCUT2D eigenvalue weighted by Gasteiger charge is -2.12. The van der Waals surface area contributed by atoms with Gasteiger partial charge in [0.15, 0.2) is 5.96 Å². The molecule has 0 radical (unpaired) electrons. The molecule has 25 heavy (non-hydrogen) atoms. The average molecular weight is 364 g/mol. The number of nitrogens with zero attached hydrogens (tertiary/aromatic N) is 1. The quantitative estimate of drug-likeness (QED) is 0.533. The lowest BCUT2D eigenvalue weighted by atomic mass is 10.1. The fraction of sp³-hybridized carbons (Fsp3) is 0.235. The molecule has 134 valence electrons. The molecule has 2 rings (SSSR count). The van der Waals surface area contributed by atoms with E-state index in [1.54, 1.807) is 37.4 Å². The zero-order valence-corrected chi connectivity index (χ0v) is 14.7. The van der Waals surface area contributed by atoms with Gasteiger partial charge in [-0.25, -0.2) is 17.9 Å². The van der Waals surface area contributed by atoms with Crippen molar-refractivity contribution in [2.24, 2.45) is 10.1 Å². The molecule has 0 heterocycles. The molecule has 0 aromatic heterocycles. The second-order valence-corrected chi connectivity index (χ2v) is 6.94. The summed E-state index contributed by atoms with van der Waals surface area (Å²) in [4.78, 5) is 4.18. The Bertz CT molecular complexity index is 836. The molecule has 8 heteroatoms. The summed E-state index contributed by atoms with van der Waals surface area (Å²) in [6, 6.07) is 13.0. The minimum atomic E-state index is -3.67. The molecule has 6 nitrogen and oxygen atoms in total. The van der Waals surface area contributed by atoms with E-state index in [9.17, 15) is 12.8 Å². The summed E-state index contributed by atoms with van der Waals surface area (Å²) in [5.41, 5.74) is 1.52. The molecule has 0 saturated heterocycles. The lowest BCUT2D eigenvalue weighted by Crippen LogP contribution is -2.38. The van der Waals surface area contributed by atoms with Crippen LogP contribution >= 0.6 is 0 Å². The number of sulfonamides is 1. The van der Waals surface area contributed by atoms with E-state index in [1.807, 2.05) is 0 Å². The van der Waals surface area contributed by atoms with Crippen LogP contribution in [0.2, 0.25) is 0 Å². The predicted molar refractivity (Wildman–Crippen MR) is 96.1 cm³/mol. The molecule has 0 unspecified atom stereocenters. The highest BCUT2D eigenvalue weighted by Crippen LogP contribution is 2.09. The number of guanidine groups is 1. The Kier molecular flexibility index (Phi) is 6.49. The fourth-order valence-corrected chi connectivity index (χ4v) is 2.73. The van der Waals surface area contributed by atoms with Crippen molar-refractivity contribution >= 4 is 16.0 Å². The van der Waals surface area contributed by atoms with Crippen LogP contribution in [0.5, 0.6) is 0 Å².